The first-order chi connectivity index (χ1) is 10.4. The zero-order valence-corrected chi connectivity index (χ0v) is 13.6. The second-order valence-corrected chi connectivity index (χ2v) is 5.82. The average Bonchev–Trinajstić information content (AvgIpc) is 2.79. The van der Waals surface area contributed by atoms with Crippen molar-refractivity contribution >= 4 is 11.8 Å². The fourth-order valence-corrected chi connectivity index (χ4v) is 2.09. The van der Waals surface area contributed by atoms with Crippen LogP contribution in [0.5, 0.6) is 0 Å². The Kier molecular flexibility index (Phi) is 4.85. The van der Waals surface area contributed by atoms with E-state index in [1.807, 2.05) is 12.1 Å². The lowest BCUT2D eigenvalue weighted by molar-refractivity contribution is 0.130. The summed E-state index contributed by atoms with van der Waals surface area (Å²) in [6, 6.07) is 8.07. The third kappa shape index (κ3) is 3.67. The average molecular weight is 302 g/mol. The molecule has 5 nitrogen and oxygen atoms in total. The molecule has 0 aliphatic carbocycles. The predicted molar refractivity (Wildman–Crippen MR) is 86.0 cm³/mol. The van der Waals surface area contributed by atoms with Crippen LogP contribution in [-0.2, 0) is 4.74 Å². The Labute approximate surface area is 130 Å². The van der Waals surface area contributed by atoms with Crippen LogP contribution in [0.1, 0.15) is 44.9 Å². The summed E-state index contributed by atoms with van der Waals surface area (Å²) in [5, 5.41) is 6.76. The van der Waals surface area contributed by atoms with Crippen molar-refractivity contribution in [2.24, 2.45) is 0 Å². The first-order valence-electron chi connectivity index (χ1n) is 7.42. The Morgan fingerprint density at radius 1 is 1.18 bits per heavy atom. The number of anilines is 1. The van der Waals surface area contributed by atoms with Crippen LogP contribution in [0.4, 0.5) is 10.5 Å². The lowest BCUT2D eigenvalue weighted by Crippen LogP contribution is -2.18. The number of carbonyl (C=O) groups is 1. The Morgan fingerprint density at radius 2 is 1.82 bits per heavy atom. The quantitative estimate of drug-likeness (QED) is 0.886. The van der Waals surface area contributed by atoms with Gasteiger partial charge in [0.1, 0.15) is 11.4 Å². The summed E-state index contributed by atoms with van der Waals surface area (Å²) in [4.78, 5) is 11.8. The predicted octanol–water partition coefficient (Wildman–Crippen LogP) is 4.73. The van der Waals surface area contributed by atoms with Gasteiger partial charge in [-0.25, -0.2) is 4.79 Å². The molecular weight excluding hydrogens is 280 g/mol. The van der Waals surface area contributed by atoms with Crippen molar-refractivity contribution in [1.82, 2.24) is 5.16 Å². The van der Waals surface area contributed by atoms with Gasteiger partial charge in [-0.3, -0.25) is 5.32 Å². The number of carbonyl (C=O) groups excluding carboxylic acids is 1. The SMILES string of the molecule is Cc1onc(-c2ccc(C(C)C)cc2)c1NC(=O)OC(C)C. The molecular formula is C17H22N2O3. The van der Waals surface area contributed by atoms with Crippen LogP contribution in [0.3, 0.4) is 0 Å². The summed E-state index contributed by atoms with van der Waals surface area (Å²) >= 11 is 0. The number of nitrogens with zero attached hydrogens (tertiary/aromatic N) is 1. The van der Waals surface area contributed by atoms with E-state index >= 15 is 0 Å². The molecule has 0 atom stereocenters. The van der Waals surface area contributed by atoms with Crippen LogP contribution in [0.25, 0.3) is 11.3 Å². The molecule has 1 heterocycles. The molecule has 2 rings (SSSR count). The maximum absolute atomic E-state index is 11.8. The molecule has 1 amide bonds. The number of nitrogens with one attached hydrogen (secondary N) is 1. The van der Waals surface area contributed by atoms with Gasteiger partial charge in [0.05, 0.1) is 6.10 Å². The number of benzene rings is 1. The van der Waals surface area contributed by atoms with E-state index in [1.165, 1.54) is 5.56 Å². The normalized spacial score (nSPS) is 11.0. The lowest BCUT2D eigenvalue weighted by atomic mass is 10.0. The summed E-state index contributed by atoms with van der Waals surface area (Å²) in [5.41, 5.74) is 3.29. The first kappa shape index (κ1) is 16.1. The van der Waals surface area contributed by atoms with Crippen molar-refractivity contribution in [1.29, 1.82) is 0 Å². The van der Waals surface area contributed by atoms with Gasteiger partial charge in [0.25, 0.3) is 0 Å². The van der Waals surface area contributed by atoms with Crippen LogP contribution in [0, 0.1) is 6.92 Å². The summed E-state index contributed by atoms with van der Waals surface area (Å²) < 4.78 is 10.3. The number of hydrogen-bond donors (Lipinski definition) is 1. The van der Waals surface area contributed by atoms with E-state index in [1.54, 1.807) is 20.8 Å². The molecule has 0 unspecified atom stereocenters. The molecule has 118 valence electrons. The maximum atomic E-state index is 11.8. The third-order valence-corrected chi connectivity index (χ3v) is 3.28. The van der Waals surface area contributed by atoms with Crippen LogP contribution < -0.4 is 5.32 Å². The molecule has 0 aliphatic heterocycles. The van der Waals surface area contributed by atoms with E-state index in [-0.39, 0.29) is 6.10 Å². The van der Waals surface area contributed by atoms with Crippen molar-refractivity contribution in [2.45, 2.75) is 46.6 Å². The van der Waals surface area contributed by atoms with Gasteiger partial charge in [0.15, 0.2) is 5.76 Å². The molecule has 1 N–H and O–H groups in total. The second kappa shape index (κ2) is 6.64. The van der Waals surface area contributed by atoms with Gasteiger partial charge in [0.2, 0.25) is 0 Å². The third-order valence-electron chi connectivity index (χ3n) is 3.28. The van der Waals surface area contributed by atoms with Gasteiger partial charge >= 0.3 is 6.09 Å². The molecule has 5 heteroatoms. The number of aromatic nitrogens is 1. The van der Waals surface area contributed by atoms with Gasteiger partial charge in [-0.1, -0.05) is 43.3 Å². The Balaban J connectivity index is 2.27. The maximum Gasteiger partial charge on any atom is 0.412 e. The summed E-state index contributed by atoms with van der Waals surface area (Å²) in [5.74, 6) is 1.01. The highest BCUT2D eigenvalue weighted by atomic mass is 16.6. The topological polar surface area (TPSA) is 64.4 Å². The molecule has 1 aromatic heterocycles. The Hall–Kier alpha value is -2.30. The monoisotopic (exact) mass is 302 g/mol. The highest BCUT2D eigenvalue weighted by Crippen LogP contribution is 2.31. The zero-order chi connectivity index (χ0) is 16.3. The summed E-state index contributed by atoms with van der Waals surface area (Å²) in [7, 11) is 0. The molecule has 0 saturated heterocycles. The second-order valence-electron chi connectivity index (χ2n) is 5.82. The van der Waals surface area contributed by atoms with E-state index in [9.17, 15) is 4.79 Å². The van der Waals surface area contributed by atoms with Crippen molar-refractivity contribution < 1.29 is 14.1 Å². The van der Waals surface area contributed by atoms with Gasteiger partial charge in [-0.15, -0.1) is 0 Å². The lowest BCUT2D eigenvalue weighted by Gasteiger charge is -2.10. The molecule has 0 saturated carbocycles. The molecule has 0 radical (unpaired) electrons. The standard InChI is InChI=1S/C17H22N2O3/c1-10(2)13-6-8-14(9-7-13)16-15(12(5)22-19-16)18-17(20)21-11(3)4/h6-11H,1-5H3,(H,18,20). The van der Waals surface area contributed by atoms with Crippen molar-refractivity contribution in [3.05, 3.63) is 35.6 Å². The molecule has 0 aliphatic rings. The van der Waals surface area contributed by atoms with Crippen LogP contribution in [0.15, 0.2) is 28.8 Å². The van der Waals surface area contributed by atoms with Crippen molar-refractivity contribution in [3.63, 3.8) is 0 Å². The van der Waals surface area contributed by atoms with Crippen molar-refractivity contribution in [3.8, 4) is 11.3 Å². The highest BCUT2D eigenvalue weighted by molar-refractivity contribution is 5.91. The fourth-order valence-electron chi connectivity index (χ4n) is 2.09. The zero-order valence-electron chi connectivity index (χ0n) is 13.6. The molecule has 0 bridgehead atoms. The largest absolute Gasteiger partial charge is 0.447 e. The summed E-state index contributed by atoms with van der Waals surface area (Å²) in [6.07, 6.45) is -0.699. The van der Waals surface area contributed by atoms with E-state index < -0.39 is 6.09 Å². The minimum atomic E-state index is -0.513. The van der Waals surface area contributed by atoms with Gasteiger partial charge < -0.3 is 9.26 Å². The van der Waals surface area contributed by atoms with E-state index in [4.69, 9.17) is 9.26 Å². The smallest absolute Gasteiger partial charge is 0.412 e. The van der Waals surface area contributed by atoms with Gasteiger partial charge in [-0.2, -0.15) is 0 Å². The van der Waals surface area contributed by atoms with E-state index in [2.05, 4.69) is 36.5 Å². The molecule has 0 fully saturated rings. The Morgan fingerprint density at radius 3 is 2.36 bits per heavy atom. The van der Waals surface area contributed by atoms with E-state index in [0.29, 0.717) is 23.1 Å². The minimum absolute atomic E-state index is 0.186. The summed E-state index contributed by atoms with van der Waals surface area (Å²) in [6.45, 7) is 9.63. The van der Waals surface area contributed by atoms with Crippen molar-refractivity contribution in [2.75, 3.05) is 5.32 Å². The molecule has 1 aromatic carbocycles. The number of amides is 1. The number of ether oxygens (including phenoxy) is 1. The Bertz CT molecular complexity index is 642. The minimum Gasteiger partial charge on any atom is -0.447 e. The van der Waals surface area contributed by atoms with Crippen LogP contribution >= 0.6 is 0 Å². The van der Waals surface area contributed by atoms with Crippen LogP contribution in [-0.4, -0.2) is 17.4 Å². The highest BCUT2D eigenvalue weighted by Gasteiger charge is 2.18. The number of hydrogen-bond acceptors (Lipinski definition) is 4. The molecule has 22 heavy (non-hydrogen) atoms. The van der Waals surface area contributed by atoms with Crippen LogP contribution in [0.2, 0.25) is 0 Å². The first-order valence-corrected chi connectivity index (χ1v) is 7.42. The number of aryl methyl sites for hydroxylation is 1. The fraction of sp³-hybridized carbons (Fsp3) is 0.412. The van der Waals surface area contributed by atoms with Gasteiger partial charge in [0, 0.05) is 5.56 Å². The van der Waals surface area contributed by atoms with E-state index in [0.717, 1.165) is 5.56 Å². The number of rotatable bonds is 4. The molecule has 0 spiro atoms. The molecule has 2 aromatic rings. The van der Waals surface area contributed by atoms with Gasteiger partial charge in [-0.05, 0) is 32.3 Å².